The molecule has 1 amide bonds. The fourth-order valence-electron chi connectivity index (χ4n) is 2.78. The number of amides is 1. The van der Waals surface area contributed by atoms with Crippen LogP contribution < -0.4 is 4.74 Å². The van der Waals surface area contributed by atoms with Gasteiger partial charge in [-0.1, -0.05) is 12.1 Å². The SMILES string of the molecule is CN(Cc1ccc(OC(F)F)cc1)C(=O)COC(=O)C1=CN2CCS(=O)(=O)N=C2C=C1. The summed E-state index contributed by atoms with van der Waals surface area (Å²) in [6, 6.07) is 5.82. The van der Waals surface area contributed by atoms with Crippen LogP contribution in [-0.2, 0) is 30.9 Å². The number of alkyl halides is 2. The molecule has 31 heavy (non-hydrogen) atoms. The predicted molar refractivity (Wildman–Crippen MR) is 106 cm³/mol. The Labute approximate surface area is 177 Å². The molecule has 0 radical (unpaired) electrons. The Morgan fingerprint density at radius 2 is 1.94 bits per heavy atom. The Morgan fingerprint density at radius 1 is 1.23 bits per heavy atom. The van der Waals surface area contributed by atoms with Gasteiger partial charge in [-0.15, -0.1) is 4.40 Å². The van der Waals surface area contributed by atoms with E-state index in [-0.39, 0.29) is 36.0 Å². The van der Waals surface area contributed by atoms with Crippen molar-refractivity contribution in [3.05, 3.63) is 53.8 Å². The third kappa shape index (κ3) is 6.10. The number of benzene rings is 1. The molecule has 1 aromatic carbocycles. The number of hydrogen-bond acceptors (Lipinski definition) is 7. The van der Waals surface area contributed by atoms with Gasteiger partial charge in [-0.2, -0.15) is 8.78 Å². The summed E-state index contributed by atoms with van der Waals surface area (Å²) in [5.74, 6) is -1.15. The number of sulfonamides is 1. The molecule has 0 aromatic heterocycles. The number of esters is 1. The van der Waals surface area contributed by atoms with Crippen LogP contribution in [0.3, 0.4) is 0 Å². The number of nitrogens with zero attached hydrogens (tertiary/aromatic N) is 3. The zero-order chi connectivity index (χ0) is 22.6. The smallest absolute Gasteiger partial charge is 0.387 e. The van der Waals surface area contributed by atoms with Crippen molar-refractivity contribution in [1.29, 1.82) is 0 Å². The van der Waals surface area contributed by atoms with Crippen LogP contribution in [0.5, 0.6) is 5.75 Å². The number of halogens is 2. The Balaban J connectivity index is 1.50. The van der Waals surface area contributed by atoms with Crippen LogP contribution in [0.25, 0.3) is 0 Å². The summed E-state index contributed by atoms with van der Waals surface area (Å²) in [5, 5.41) is 0. The van der Waals surface area contributed by atoms with Gasteiger partial charge in [0.25, 0.3) is 15.9 Å². The third-order valence-corrected chi connectivity index (χ3v) is 5.54. The van der Waals surface area contributed by atoms with Crippen LogP contribution in [0.4, 0.5) is 8.78 Å². The summed E-state index contributed by atoms with van der Waals surface area (Å²) < 4.78 is 60.3. The third-order valence-electron chi connectivity index (χ3n) is 4.38. The second-order valence-electron chi connectivity index (χ2n) is 6.70. The quantitative estimate of drug-likeness (QED) is 0.571. The van der Waals surface area contributed by atoms with Gasteiger partial charge in [-0.05, 0) is 29.8 Å². The Hall–Kier alpha value is -3.28. The highest BCUT2D eigenvalue weighted by Crippen LogP contribution is 2.17. The zero-order valence-corrected chi connectivity index (χ0v) is 17.2. The van der Waals surface area contributed by atoms with Gasteiger partial charge < -0.3 is 19.3 Å². The summed E-state index contributed by atoms with van der Waals surface area (Å²) in [7, 11) is -1.99. The molecule has 1 aromatic rings. The highest BCUT2D eigenvalue weighted by molar-refractivity contribution is 7.90. The summed E-state index contributed by atoms with van der Waals surface area (Å²) in [5.41, 5.74) is 0.830. The molecule has 9 nitrogen and oxygen atoms in total. The average molecular weight is 455 g/mol. The van der Waals surface area contributed by atoms with E-state index in [1.54, 1.807) is 12.1 Å². The summed E-state index contributed by atoms with van der Waals surface area (Å²) in [4.78, 5) is 27.3. The molecule has 0 unspecified atom stereocenters. The second-order valence-corrected chi connectivity index (χ2v) is 8.45. The lowest BCUT2D eigenvalue weighted by Crippen LogP contribution is -2.37. The van der Waals surface area contributed by atoms with Crippen LogP contribution in [0.15, 0.2) is 52.6 Å². The van der Waals surface area contributed by atoms with Gasteiger partial charge in [0.15, 0.2) is 6.61 Å². The molecule has 0 N–H and O–H groups in total. The molecule has 2 aliphatic rings. The van der Waals surface area contributed by atoms with Gasteiger partial charge in [0.1, 0.15) is 11.6 Å². The van der Waals surface area contributed by atoms with Gasteiger partial charge in [-0.25, -0.2) is 13.2 Å². The van der Waals surface area contributed by atoms with Crippen molar-refractivity contribution in [2.45, 2.75) is 13.2 Å². The maximum Gasteiger partial charge on any atom is 0.387 e. The molecule has 0 fully saturated rings. The second kappa shape index (κ2) is 9.25. The largest absolute Gasteiger partial charge is 0.452 e. The van der Waals surface area contributed by atoms with Crippen molar-refractivity contribution in [3.8, 4) is 5.75 Å². The number of rotatable bonds is 7. The van der Waals surface area contributed by atoms with Crippen molar-refractivity contribution in [3.63, 3.8) is 0 Å². The van der Waals surface area contributed by atoms with E-state index in [1.807, 2.05) is 0 Å². The Bertz CT molecular complexity index is 1050. The number of amidine groups is 1. The zero-order valence-electron chi connectivity index (χ0n) is 16.4. The maximum absolute atomic E-state index is 12.2. The van der Waals surface area contributed by atoms with Crippen LogP contribution in [0, 0.1) is 0 Å². The van der Waals surface area contributed by atoms with Gasteiger partial charge in [0.05, 0.1) is 11.3 Å². The first kappa shape index (κ1) is 22.4. The molecular weight excluding hydrogens is 436 g/mol. The normalized spacial score (nSPS) is 16.8. The van der Waals surface area contributed by atoms with E-state index in [4.69, 9.17) is 4.74 Å². The van der Waals surface area contributed by atoms with Crippen LogP contribution >= 0.6 is 0 Å². The van der Waals surface area contributed by atoms with E-state index in [0.29, 0.717) is 5.56 Å². The molecule has 0 aliphatic carbocycles. The Kier molecular flexibility index (Phi) is 6.68. The van der Waals surface area contributed by atoms with Gasteiger partial charge >= 0.3 is 12.6 Å². The lowest BCUT2D eigenvalue weighted by atomic mass is 10.2. The fraction of sp³-hybridized carbons (Fsp3) is 0.316. The average Bonchev–Trinajstić information content (AvgIpc) is 2.71. The standard InChI is InChI=1S/C19H19F2N3O6S/c1-23(10-13-2-5-15(6-3-13)30-19(20)21)17(25)12-29-18(26)14-4-7-16-22-31(27,28)9-8-24(16)11-14/h2-7,11,19H,8-10,12H2,1H3. The van der Waals surface area contributed by atoms with Gasteiger partial charge in [0, 0.05) is 26.3 Å². The van der Waals surface area contributed by atoms with Crippen LogP contribution in [0.2, 0.25) is 0 Å². The number of fused-ring (bicyclic) bond motifs is 1. The Morgan fingerprint density at radius 3 is 2.61 bits per heavy atom. The number of hydrogen-bond donors (Lipinski definition) is 0. The van der Waals surface area contributed by atoms with E-state index < -0.39 is 35.1 Å². The molecule has 2 heterocycles. The van der Waals surface area contributed by atoms with E-state index in [1.165, 1.54) is 47.3 Å². The van der Waals surface area contributed by atoms with Crippen molar-refractivity contribution in [1.82, 2.24) is 9.80 Å². The van der Waals surface area contributed by atoms with Gasteiger partial charge in [0.2, 0.25) is 0 Å². The molecule has 0 bridgehead atoms. The number of carbonyl (C=O) groups is 2. The molecule has 12 heteroatoms. The van der Waals surface area contributed by atoms with E-state index in [9.17, 15) is 26.8 Å². The van der Waals surface area contributed by atoms with Crippen LogP contribution in [0.1, 0.15) is 5.56 Å². The summed E-state index contributed by atoms with van der Waals surface area (Å²) in [6.45, 7) is -3.08. The van der Waals surface area contributed by atoms with Crippen LogP contribution in [-0.4, -0.2) is 68.5 Å². The highest BCUT2D eigenvalue weighted by atomic mass is 32.2. The van der Waals surface area contributed by atoms with Crippen molar-refractivity contribution in [2.24, 2.45) is 4.40 Å². The van der Waals surface area contributed by atoms with E-state index in [2.05, 4.69) is 9.13 Å². The lowest BCUT2D eigenvalue weighted by Gasteiger charge is -2.26. The maximum atomic E-state index is 12.2. The number of ether oxygens (including phenoxy) is 2. The van der Waals surface area contributed by atoms with Crippen molar-refractivity contribution < 1.29 is 36.3 Å². The molecule has 0 saturated carbocycles. The molecule has 0 atom stereocenters. The van der Waals surface area contributed by atoms with E-state index in [0.717, 1.165) is 0 Å². The first-order chi connectivity index (χ1) is 14.6. The first-order valence-corrected chi connectivity index (χ1v) is 10.7. The van der Waals surface area contributed by atoms with Gasteiger partial charge in [-0.3, -0.25) is 4.79 Å². The first-order valence-electron chi connectivity index (χ1n) is 9.07. The van der Waals surface area contributed by atoms with Crippen molar-refractivity contribution in [2.75, 3.05) is 26.0 Å². The minimum Gasteiger partial charge on any atom is -0.452 e. The number of carbonyl (C=O) groups excluding carboxylic acids is 2. The summed E-state index contributed by atoms with van der Waals surface area (Å²) >= 11 is 0. The molecule has 0 spiro atoms. The molecule has 166 valence electrons. The number of likely N-dealkylation sites (N-methyl/N-ethyl adjacent to an activating group) is 1. The highest BCUT2D eigenvalue weighted by Gasteiger charge is 2.25. The topological polar surface area (TPSA) is 106 Å². The molecule has 3 rings (SSSR count). The molecule has 2 aliphatic heterocycles. The van der Waals surface area contributed by atoms with Crippen molar-refractivity contribution >= 4 is 27.7 Å². The minimum absolute atomic E-state index is 0.00924. The molecule has 0 saturated heterocycles. The fourth-order valence-corrected chi connectivity index (χ4v) is 3.75. The van der Waals surface area contributed by atoms with E-state index >= 15 is 0 Å². The molecular formula is C19H19F2N3O6S. The minimum atomic E-state index is -3.50. The predicted octanol–water partition coefficient (Wildman–Crippen LogP) is 1.29. The monoisotopic (exact) mass is 455 g/mol. The summed E-state index contributed by atoms with van der Waals surface area (Å²) in [6.07, 6.45) is 4.19. The lowest BCUT2D eigenvalue weighted by molar-refractivity contribution is -0.148.